The molecule has 0 aliphatic heterocycles. The predicted molar refractivity (Wildman–Crippen MR) is 83.2 cm³/mol. The van der Waals surface area contributed by atoms with Crippen molar-refractivity contribution >= 4 is 62.8 Å². The second-order valence-corrected chi connectivity index (χ2v) is 6.21. The minimum atomic E-state index is -0.970. The lowest BCUT2D eigenvalue weighted by Crippen LogP contribution is -2.06. The second-order valence-electron chi connectivity index (χ2n) is 3.31. The number of hydrogen-bond acceptors (Lipinski definition) is 1. The van der Waals surface area contributed by atoms with E-state index in [4.69, 9.17) is 16.7 Å². The van der Waals surface area contributed by atoms with Crippen LogP contribution in [0.15, 0.2) is 30.5 Å². The third kappa shape index (κ3) is 2.76. The molecule has 0 fully saturated rings. The maximum atomic E-state index is 11.1. The van der Waals surface area contributed by atoms with Crippen LogP contribution in [0.3, 0.4) is 0 Å². The van der Waals surface area contributed by atoms with Crippen LogP contribution in [0, 0.1) is 7.14 Å². The van der Waals surface area contributed by atoms with Gasteiger partial charge in [-0.1, -0.05) is 11.6 Å². The van der Waals surface area contributed by atoms with Crippen molar-refractivity contribution in [3.63, 3.8) is 0 Å². The lowest BCUT2D eigenvalue weighted by molar-refractivity contribution is 0.0688. The second kappa shape index (κ2) is 5.15. The number of aromatic carboxylic acids is 1. The van der Waals surface area contributed by atoms with Crippen LogP contribution < -0.4 is 0 Å². The SMILES string of the molecule is O=C(O)c1cc(I)cn1-c1ccc(I)cc1Cl. The van der Waals surface area contributed by atoms with Crippen LogP contribution in [0.25, 0.3) is 5.69 Å². The zero-order valence-electron chi connectivity index (χ0n) is 8.32. The van der Waals surface area contributed by atoms with E-state index in [0.717, 1.165) is 7.14 Å². The predicted octanol–water partition coefficient (Wildman–Crippen LogP) is 4.04. The summed E-state index contributed by atoms with van der Waals surface area (Å²) in [4.78, 5) is 11.1. The molecule has 1 N–H and O–H groups in total. The summed E-state index contributed by atoms with van der Waals surface area (Å²) in [7, 11) is 0. The third-order valence-electron chi connectivity index (χ3n) is 2.17. The van der Waals surface area contributed by atoms with E-state index in [1.165, 1.54) is 0 Å². The molecule has 2 rings (SSSR count). The van der Waals surface area contributed by atoms with Crippen molar-refractivity contribution in [2.24, 2.45) is 0 Å². The number of nitrogens with zero attached hydrogens (tertiary/aromatic N) is 1. The molecule has 3 nitrogen and oxygen atoms in total. The molecule has 0 unspecified atom stereocenters. The van der Waals surface area contributed by atoms with E-state index in [9.17, 15) is 4.79 Å². The molecule has 0 saturated carbocycles. The van der Waals surface area contributed by atoms with Gasteiger partial charge in [0.25, 0.3) is 0 Å². The fraction of sp³-hybridized carbons (Fsp3) is 0. The molecule has 0 amide bonds. The molecule has 6 heteroatoms. The van der Waals surface area contributed by atoms with E-state index in [1.807, 2.05) is 12.1 Å². The van der Waals surface area contributed by atoms with Crippen molar-refractivity contribution in [3.8, 4) is 5.69 Å². The number of hydrogen-bond donors (Lipinski definition) is 1. The number of benzene rings is 1. The molecular formula is C11H6ClI2NO2. The van der Waals surface area contributed by atoms with Crippen molar-refractivity contribution in [2.45, 2.75) is 0 Å². The molecule has 0 spiro atoms. The van der Waals surface area contributed by atoms with Gasteiger partial charge < -0.3 is 9.67 Å². The number of halogens is 3. The van der Waals surface area contributed by atoms with Crippen LogP contribution in [0.4, 0.5) is 0 Å². The Morgan fingerprint density at radius 2 is 1.94 bits per heavy atom. The van der Waals surface area contributed by atoms with Crippen LogP contribution in [0.2, 0.25) is 5.02 Å². The summed E-state index contributed by atoms with van der Waals surface area (Å²) < 4.78 is 3.45. The molecule has 0 aliphatic carbocycles. The van der Waals surface area contributed by atoms with Crippen molar-refractivity contribution < 1.29 is 9.90 Å². The number of carboxylic acid groups (broad SMARTS) is 1. The van der Waals surface area contributed by atoms with Crippen LogP contribution in [-0.2, 0) is 0 Å². The molecule has 0 radical (unpaired) electrons. The summed E-state index contributed by atoms with van der Waals surface area (Å²) in [5.41, 5.74) is 0.880. The van der Waals surface area contributed by atoms with Gasteiger partial charge in [-0.25, -0.2) is 4.79 Å². The number of rotatable bonds is 2. The average molecular weight is 473 g/mol. The van der Waals surface area contributed by atoms with Gasteiger partial charge in [0.2, 0.25) is 0 Å². The lowest BCUT2D eigenvalue weighted by Gasteiger charge is -2.08. The van der Waals surface area contributed by atoms with Gasteiger partial charge in [0.05, 0.1) is 10.7 Å². The van der Waals surface area contributed by atoms with Gasteiger partial charge in [0.15, 0.2) is 0 Å². The Morgan fingerprint density at radius 1 is 1.24 bits per heavy atom. The van der Waals surface area contributed by atoms with Crippen LogP contribution >= 0.6 is 56.8 Å². The van der Waals surface area contributed by atoms with Gasteiger partial charge in [0.1, 0.15) is 5.69 Å². The maximum absolute atomic E-state index is 11.1. The van der Waals surface area contributed by atoms with E-state index in [0.29, 0.717) is 10.7 Å². The highest BCUT2D eigenvalue weighted by molar-refractivity contribution is 14.1. The highest BCUT2D eigenvalue weighted by Gasteiger charge is 2.14. The lowest BCUT2D eigenvalue weighted by atomic mass is 10.3. The summed E-state index contributed by atoms with van der Waals surface area (Å²) in [6.45, 7) is 0. The first kappa shape index (κ1) is 13.2. The largest absolute Gasteiger partial charge is 0.477 e. The first-order valence-electron chi connectivity index (χ1n) is 4.55. The Morgan fingerprint density at radius 3 is 2.53 bits per heavy atom. The van der Waals surface area contributed by atoms with Gasteiger partial charge in [-0.05, 0) is 69.4 Å². The van der Waals surface area contributed by atoms with Gasteiger partial charge in [-0.2, -0.15) is 0 Å². The Balaban J connectivity index is 2.63. The van der Waals surface area contributed by atoms with E-state index in [-0.39, 0.29) is 5.69 Å². The first-order chi connectivity index (χ1) is 7.99. The Labute approximate surface area is 130 Å². The van der Waals surface area contributed by atoms with E-state index >= 15 is 0 Å². The van der Waals surface area contributed by atoms with Gasteiger partial charge in [0, 0.05) is 13.3 Å². The quantitative estimate of drug-likeness (QED) is 0.670. The highest BCUT2D eigenvalue weighted by atomic mass is 127. The monoisotopic (exact) mass is 473 g/mol. The Hall–Kier alpha value is -0.280. The van der Waals surface area contributed by atoms with Crippen molar-refractivity contribution in [1.29, 1.82) is 0 Å². The van der Waals surface area contributed by atoms with Crippen LogP contribution in [0.5, 0.6) is 0 Å². The molecule has 0 saturated heterocycles. The maximum Gasteiger partial charge on any atom is 0.352 e. The summed E-state index contributed by atoms with van der Waals surface area (Å²) in [5.74, 6) is -0.970. The normalized spacial score (nSPS) is 10.5. The molecule has 1 heterocycles. The first-order valence-corrected chi connectivity index (χ1v) is 7.09. The third-order valence-corrected chi connectivity index (χ3v) is 3.74. The summed E-state index contributed by atoms with van der Waals surface area (Å²) >= 11 is 10.4. The Kier molecular flexibility index (Phi) is 3.99. The molecule has 1 aromatic heterocycles. The van der Waals surface area contributed by atoms with Crippen LogP contribution in [-0.4, -0.2) is 15.6 Å². The Bertz CT molecular complexity index is 595. The smallest absolute Gasteiger partial charge is 0.352 e. The molecule has 1 aromatic carbocycles. The van der Waals surface area contributed by atoms with Crippen molar-refractivity contribution in [2.75, 3.05) is 0 Å². The zero-order chi connectivity index (χ0) is 12.6. The number of aromatic nitrogens is 1. The molecule has 88 valence electrons. The number of carbonyl (C=O) groups is 1. The molecule has 0 aliphatic rings. The highest BCUT2D eigenvalue weighted by Crippen LogP contribution is 2.26. The fourth-order valence-corrected chi connectivity index (χ4v) is 2.99. The van der Waals surface area contributed by atoms with Gasteiger partial charge in [-0.3, -0.25) is 0 Å². The topological polar surface area (TPSA) is 42.2 Å². The standard InChI is InChI=1S/C11H6ClI2NO2/c12-8-3-6(13)1-2-9(8)15-5-7(14)4-10(15)11(16)17/h1-5H,(H,16,17). The average Bonchev–Trinajstić information content (AvgIpc) is 2.60. The molecule has 0 atom stereocenters. The van der Waals surface area contributed by atoms with E-state index < -0.39 is 5.97 Å². The summed E-state index contributed by atoms with van der Waals surface area (Å²) in [5, 5.41) is 9.65. The summed E-state index contributed by atoms with van der Waals surface area (Å²) in [6, 6.07) is 7.11. The van der Waals surface area contributed by atoms with Crippen molar-refractivity contribution in [1.82, 2.24) is 4.57 Å². The van der Waals surface area contributed by atoms with Crippen LogP contribution in [0.1, 0.15) is 10.5 Å². The molecule has 2 aromatic rings. The van der Waals surface area contributed by atoms with E-state index in [2.05, 4.69) is 45.2 Å². The van der Waals surface area contributed by atoms with Gasteiger partial charge in [-0.15, -0.1) is 0 Å². The molecule has 0 bridgehead atoms. The fourth-order valence-electron chi connectivity index (χ4n) is 1.47. The summed E-state index contributed by atoms with van der Waals surface area (Å²) in [6.07, 6.45) is 1.75. The number of carboxylic acids is 1. The minimum absolute atomic E-state index is 0.206. The van der Waals surface area contributed by atoms with Crippen molar-refractivity contribution in [3.05, 3.63) is 48.3 Å². The minimum Gasteiger partial charge on any atom is -0.477 e. The zero-order valence-corrected chi connectivity index (χ0v) is 13.4. The van der Waals surface area contributed by atoms with Gasteiger partial charge >= 0.3 is 5.97 Å². The van der Waals surface area contributed by atoms with E-state index in [1.54, 1.807) is 22.9 Å². The molecular weight excluding hydrogens is 467 g/mol. The molecule has 17 heavy (non-hydrogen) atoms.